The van der Waals surface area contributed by atoms with Gasteiger partial charge in [-0.2, -0.15) is 0 Å². The summed E-state index contributed by atoms with van der Waals surface area (Å²) in [6.07, 6.45) is 29.8. The summed E-state index contributed by atoms with van der Waals surface area (Å²) in [5.74, 6) is -1.88. The molecule has 0 aliphatic heterocycles. The summed E-state index contributed by atoms with van der Waals surface area (Å²) in [6.45, 7) is 3.71. The van der Waals surface area contributed by atoms with Crippen LogP contribution in [-0.4, -0.2) is 33.4 Å². The molecule has 0 saturated heterocycles. The largest absolute Gasteiger partial charge is 0.481 e. The summed E-state index contributed by atoms with van der Waals surface area (Å²) in [5.41, 5.74) is 0. The number of rotatable bonds is 18. The first-order valence-corrected chi connectivity index (χ1v) is 11.7. The van der Waals surface area contributed by atoms with Crippen LogP contribution in [0.1, 0.15) is 97.3 Å². The minimum atomic E-state index is -0.963. The fourth-order valence-electron chi connectivity index (χ4n) is 2.75. The first kappa shape index (κ1) is 31.0. The van der Waals surface area contributed by atoms with Crippen LogP contribution in [0.15, 0.2) is 48.6 Å². The minimum absolute atomic E-state index is 0.167. The Hall–Kier alpha value is -2.14. The second-order valence-electron chi connectivity index (χ2n) is 7.67. The summed E-state index contributed by atoms with van der Waals surface area (Å²) < 4.78 is 0. The third-order valence-corrected chi connectivity index (χ3v) is 4.37. The fraction of sp³-hybridized carbons (Fsp3) is 0.615. The first-order valence-electron chi connectivity index (χ1n) is 11.7. The van der Waals surface area contributed by atoms with E-state index in [2.05, 4.69) is 19.1 Å². The van der Waals surface area contributed by atoms with E-state index in [1.165, 1.54) is 83.6 Å². The van der Waals surface area contributed by atoms with Crippen molar-refractivity contribution in [1.29, 1.82) is 0 Å². The van der Waals surface area contributed by atoms with Crippen molar-refractivity contribution in [2.75, 3.05) is 0 Å². The van der Waals surface area contributed by atoms with E-state index in [1.54, 1.807) is 6.08 Å². The highest BCUT2D eigenvalue weighted by atomic mass is 16.4. The molecule has 0 spiro atoms. The van der Waals surface area contributed by atoms with Gasteiger partial charge in [-0.25, -0.2) is 4.79 Å². The molecule has 0 amide bonds. The third kappa shape index (κ3) is 35.7. The van der Waals surface area contributed by atoms with Gasteiger partial charge in [-0.15, -0.1) is 0 Å². The maximum atomic E-state index is 10.2. The van der Waals surface area contributed by atoms with Crippen molar-refractivity contribution >= 4 is 11.9 Å². The molecule has 0 heterocycles. The smallest absolute Gasteiger partial charge is 0.328 e. The summed E-state index contributed by atoms with van der Waals surface area (Å²) >= 11 is 0. The number of aliphatic hydroxyl groups is 1. The molecule has 178 valence electrons. The number of unbranched alkanes of at least 4 members (excludes halogenated alkanes) is 11. The maximum absolute atomic E-state index is 10.2. The van der Waals surface area contributed by atoms with Gasteiger partial charge in [0.2, 0.25) is 0 Å². The molecule has 0 aromatic carbocycles. The van der Waals surface area contributed by atoms with Crippen LogP contribution >= 0.6 is 0 Å². The first-order chi connectivity index (χ1) is 14.9. The lowest BCUT2D eigenvalue weighted by atomic mass is 10.1. The maximum Gasteiger partial charge on any atom is 0.328 e. The lowest BCUT2D eigenvalue weighted by Crippen LogP contribution is -2.07. The highest BCUT2D eigenvalue weighted by Gasteiger charge is 2.00. The Bertz CT molecular complexity index is 530. The van der Waals surface area contributed by atoms with E-state index < -0.39 is 18.0 Å². The zero-order chi connectivity index (χ0) is 23.6. The van der Waals surface area contributed by atoms with Crippen LogP contribution in [-0.2, 0) is 9.59 Å². The fourth-order valence-corrected chi connectivity index (χ4v) is 2.75. The molecule has 0 saturated carbocycles. The van der Waals surface area contributed by atoms with Crippen LogP contribution in [0.25, 0.3) is 0 Å². The Morgan fingerprint density at radius 2 is 1.16 bits per heavy atom. The molecule has 1 unspecified atom stereocenters. The van der Waals surface area contributed by atoms with Crippen molar-refractivity contribution in [3.8, 4) is 0 Å². The number of aliphatic hydroxyl groups excluding tert-OH is 1. The van der Waals surface area contributed by atoms with E-state index in [1.807, 2.05) is 18.2 Å². The van der Waals surface area contributed by atoms with Gasteiger partial charge < -0.3 is 15.3 Å². The number of hydrogen-bond acceptors (Lipinski definition) is 3. The SMILES string of the molecule is CC(O)CC(=O)O.CCCCCCCCCCCCCC=CC=CC=CC=CC(=O)O. The Labute approximate surface area is 189 Å². The molecule has 0 rings (SSSR count). The van der Waals surface area contributed by atoms with Gasteiger partial charge in [0.1, 0.15) is 0 Å². The van der Waals surface area contributed by atoms with Crippen molar-refractivity contribution in [3.63, 3.8) is 0 Å². The average molecular weight is 437 g/mol. The summed E-state index contributed by atoms with van der Waals surface area (Å²) in [4.78, 5) is 19.9. The monoisotopic (exact) mass is 436 g/mol. The number of allylic oxidation sites excluding steroid dienone is 7. The third-order valence-electron chi connectivity index (χ3n) is 4.37. The molecule has 0 bridgehead atoms. The topological polar surface area (TPSA) is 94.8 Å². The molecule has 1 atom stereocenters. The van der Waals surface area contributed by atoms with Crippen molar-refractivity contribution in [2.45, 2.75) is 103 Å². The molecule has 0 aliphatic rings. The second-order valence-corrected chi connectivity index (χ2v) is 7.67. The lowest BCUT2D eigenvalue weighted by Gasteiger charge is -2.01. The van der Waals surface area contributed by atoms with Gasteiger partial charge in [-0.3, -0.25) is 4.79 Å². The molecule has 0 aromatic heterocycles. The van der Waals surface area contributed by atoms with Gasteiger partial charge >= 0.3 is 11.9 Å². The van der Waals surface area contributed by atoms with Crippen LogP contribution in [0.5, 0.6) is 0 Å². The minimum Gasteiger partial charge on any atom is -0.481 e. The van der Waals surface area contributed by atoms with Crippen LogP contribution in [0, 0.1) is 0 Å². The number of aliphatic carboxylic acids is 2. The molecule has 31 heavy (non-hydrogen) atoms. The molecule has 5 heteroatoms. The molecular weight excluding hydrogens is 392 g/mol. The second kappa shape index (κ2) is 25.9. The van der Waals surface area contributed by atoms with E-state index in [0.29, 0.717) is 0 Å². The molecule has 0 aromatic rings. The van der Waals surface area contributed by atoms with E-state index in [9.17, 15) is 9.59 Å². The average Bonchev–Trinajstić information content (AvgIpc) is 2.69. The Morgan fingerprint density at radius 3 is 1.58 bits per heavy atom. The van der Waals surface area contributed by atoms with Crippen LogP contribution in [0.4, 0.5) is 0 Å². The van der Waals surface area contributed by atoms with Crippen LogP contribution in [0.3, 0.4) is 0 Å². The Balaban J connectivity index is 0. The van der Waals surface area contributed by atoms with E-state index in [4.69, 9.17) is 15.3 Å². The van der Waals surface area contributed by atoms with Gasteiger partial charge in [0.25, 0.3) is 0 Å². The zero-order valence-electron chi connectivity index (χ0n) is 19.5. The van der Waals surface area contributed by atoms with Crippen molar-refractivity contribution < 1.29 is 24.9 Å². The van der Waals surface area contributed by atoms with Gasteiger partial charge in [0.15, 0.2) is 0 Å². The van der Waals surface area contributed by atoms with Gasteiger partial charge in [-0.05, 0) is 19.8 Å². The summed E-state index contributed by atoms with van der Waals surface area (Å²) in [7, 11) is 0. The van der Waals surface area contributed by atoms with Crippen molar-refractivity contribution in [2.24, 2.45) is 0 Å². The lowest BCUT2D eigenvalue weighted by molar-refractivity contribution is -0.139. The van der Waals surface area contributed by atoms with Gasteiger partial charge in [-0.1, -0.05) is 114 Å². The molecule has 3 N–H and O–H groups in total. The standard InChI is InChI=1S/C22H36O2.C4H8O3/c1-2-3-4-5-6-7-8-9-10-11-12-13-14-15-16-17-18-19-20-21-22(23)24;1-3(5)2-4(6)7/h14-21H,2-13H2,1H3,(H,23,24);3,5H,2H2,1H3,(H,6,7). The predicted octanol–water partition coefficient (Wildman–Crippen LogP) is 6.84. The predicted molar refractivity (Wildman–Crippen MR) is 129 cm³/mol. The normalized spacial score (nSPS) is 12.6. The number of carboxylic acid groups (broad SMARTS) is 2. The molecule has 5 nitrogen and oxygen atoms in total. The number of carboxylic acids is 2. The van der Waals surface area contributed by atoms with E-state index in [-0.39, 0.29) is 6.42 Å². The molecule has 0 fully saturated rings. The van der Waals surface area contributed by atoms with Crippen molar-refractivity contribution in [3.05, 3.63) is 48.6 Å². The number of carbonyl (C=O) groups is 2. The van der Waals surface area contributed by atoms with Crippen LogP contribution in [0.2, 0.25) is 0 Å². The molecule has 0 aliphatic carbocycles. The van der Waals surface area contributed by atoms with E-state index in [0.717, 1.165) is 12.5 Å². The highest BCUT2D eigenvalue weighted by Crippen LogP contribution is 2.11. The number of hydrogen-bond donors (Lipinski definition) is 3. The van der Waals surface area contributed by atoms with Crippen molar-refractivity contribution in [1.82, 2.24) is 0 Å². The van der Waals surface area contributed by atoms with Gasteiger partial charge in [0.05, 0.1) is 12.5 Å². The zero-order valence-corrected chi connectivity index (χ0v) is 19.5. The highest BCUT2D eigenvalue weighted by molar-refractivity contribution is 5.80. The quantitative estimate of drug-likeness (QED) is 0.124. The van der Waals surface area contributed by atoms with Crippen LogP contribution < -0.4 is 0 Å². The Morgan fingerprint density at radius 1 is 0.710 bits per heavy atom. The Kier molecular flexibility index (Phi) is 25.9. The molecular formula is C26H44O5. The van der Waals surface area contributed by atoms with Gasteiger partial charge in [0, 0.05) is 6.08 Å². The van der Waals surface area contributed by atoms with E-state index >= 15 is 0 Å². The summed E-state index contributed by atoms with van der Waals surface area (Å²) in [5, 5.41) is 24.7. The summed E-state index contributed by atoms with van der Waals surface area (Å²) in [6, 6.07) is 0. The molecule has 0 radical (unpaired) electrons.